The number of halogens is 1. The molecule has 2 aromatic rings. The molecule has 2 rings (SSSR count). The lowest BCUT2D eigenvalue weighted by Crippen LogP contribution is -2.04. The molecule has 0 atom stereocenters. The Hall–Kier alpha value is -1.71. The van der Waals surface area contributed by atoms with Crippen molar-refractivity contribution >= 4 is 16.8 Å². The van der Waals surface area contributed by atoms with Crippen molar-refractivity contribution in [3.8, 4) is 0 Å². The summed E-state index contributed by atoms with van der Waals surface area (Å²) in [7, 11) is 1.72. The van der Waals surface area contributed by atoms with Gasteiger partial charge in [-0.3, -0.25) is 4.79 Å². The fourth-order valence-corrected chi connectivity index (χ4v) is 1.65. The van der Waals surface area contributed by atoms with Crippen LogP contribution in [0.25, 0.3) is 11.0 Å². The van der Waals surface area contributed by atoms with Crippen LogP contribution in [0.2, 0.25) is 0 Å². The first-order valence-corrected chi connectivity index (χ1v) is 4.69. The summed E-state index contributed by atoms with van der Waals surface area (Å²) in [6.45, 7) is 1.50. The van der Waals surface area contributed by atoms with E-state index in [1.54, 1.807) is 23.7 Å². The summed E-state index contributed by atoms with van der Waals surface area (Å²) in [5.74, 6) is 0.314. The Morgan fingerprint density at radius 1 is 1.53 bits per heavy atom. The van der Waals surface area contributed by atoms with Gasteiger partial charge in [0.05, 0.1) is 11.9 Å². The number of aryl methyl sites for hydroxylation is 1. The maximum Gasteiger partial charge on any atom is 0.149 e. The second-order valence-electron chi connectivity index (χ2n) is 3.57. The van der Waals surface area contributed by atoms with Gasteiger partial charge in [0, 0.05) is 7.05 Å². The minimum Gasteiger partial charge on any atom is -0.328 e. The number of imidazole rings is 1. The average molecular weight is 206 g/mol. The van der Waals surface area contributed by atoms with Crippen molar-refractivity contribution in [3.63, 3.8) is 0 Å². The van der Waals surface area contributed by atoms with Crippen LogP contribution < -0.4 is 0 Å². The van der Waals surface area contributed by atoms with Gasteiger partial charge in [0.1, 0.15) is 22.9 Å². The molecule has 3 nitrogen and oxygen atoms in total. The lowest BCUT2D eigenvalue weighted by Gasteiger charge is -1.99. The SMILES string of the molecule is CC(=O)Cc1nc2cccc(F)c2n1C. The third-order valence-electron chi connectivity index (χ3n) is 2.34. The van der Waals surface area contributed by atoms with Crippen molar-refractivity contribution in [1.29, 1.82) is 0 Å². The summed E-state index contributed by atoms with van der Waals surface area (Å²) in [5.41, 5.74) is 1.04. The molecule has 0 aliphatic rings. The number of nitrogens with zero attached hydrogens (tertiary/aromatic N) is 2. The van der Waals surface area contributed by atoms with E-state index in [0.717, 1.165) is 0 Å². The van der Waals surface area contributed by atoms with Crippen molar-refractivity contribution in [2.45, 2.75) is 13.3 Å². The van der Waals surface area contributed by atoms with Gasteiger partial charge in [0.2, 0.25) is 0 Å². The van der Waals surface area contributed by atoms with Crippen LogP contribution in [-0.4, -0.2) is 15.3 Å². The Kier molecular flexibility index (Phi) is 2.26. The van der Waals surface area contributed by atoms with Gasteiger partial charge in [-0.15, -0.1) is 0 Å². The minimum atomic E-state index is -0.308. The van der Waals surface area contributed by atoms with Crippen LogP contribution in [0.3, 0.4) is 0 Å². The van der Waals surface area contributed by atoms with Crippen LogP contribution in [0.4, 0.5) is 4.39 Å². The summed E-state index contributed by atoms with van der Waals surface area (Å²) in [6, 6.07) is 4.74. The number of hydrogen-bond acceptors (Lipinski definition) is 2. The molecule has 4 heteroatoms. The largest absolute Gasteiger partial charge is 0.328 e. The van der Waals surface area contributed by atoms with Gasteiger partial charge in [-0.2, -0.15) is 0 Å². The molecule has 0 spiro atoms. The zero-order valence-corrected chi connectivity index (χ0v) is 8.62. The lowest BCUT2D eigenvalue weighted by atomic mass is 10.3. The third-order valence-corrected chi connectivity index (χ3v) is 2.34. The van der Waals surface area contributed by atoms with E-state index in [0.29, 0.717) is 16.9 Å². The monoisotopic (exact) mass is 206 g/mol. The highest BCUT2D eigenvalue weighted by Crippen LogP contribution is 2.18. The van der Waals surface area contributed by atoms with Crippen LogP contribution in [-0.2, 0) is 18.3 Å². The molecule has 0 fully saturated rings. The zero-order chi connectivity index (χ0) is 11.0. The second-order valence-corrected chi connectivity index (χ2v) is 3.57. The van der Waals surface area contributed by atoms with E-state index in [2.05, 4.69) is 4.98 Å². The molecule has 0 unspecified atom stereocenters. The smallest absolute Gasteiger partial charge is 0.149 e. The predicted molar refractivity (Wildman–Crippen MR) is 55.1 cm³/mol. The first kappa shape index (κ1) is 9.83. The Balaban J connectivity index is 2.64. The highest BCUT2D eigenvalue weighted by molar-refractivity contribution is 5.81. The maximum absolute atomic E-state index is 13.5. The van der Waals surface area contributed by atoms with Crippen molar-refractivity contribution in [1.82, 2.24) is 9.55 Å². The molecular formula is C11H11FN2O. The number of para-hydroxylation sites is 1. The number of benzene rings is 1. The number of hydrogen-bond donors (Lipinski definition) is 0. The van der Waals surface area contributed by atoms with E-state index in [1.165, 1.54) is 13.0 Å². The fraction of sp³-hybridized carbons (Fsp3) is 0.273. The molecule has 0 aliphatic carbocycles. The normalized spacial score (nSPS) is 10.9. The van der Waals surface area contributed by atoms with Crippen molar-refractivity contribution in [2.75, 3.05) is 0 Å². The number of ketones is 1. The summed E-state index contributed by atoms with van der Waals surface area (Å²) in [5, 5.41) is 0. The Morgan fingerprint density at radius 2 is 2.27 bits per heavy atom. The summed E-state index contributed by atoms with van der Waals surface area (Å²) >= 11 is 0. The van der Waals surface area contributed by atoms with Crippen LogP contribution in [0.15, 0.2) is 18.2 Å². The third kappa shape index (κ3) is 1.63. The zero-order valence-electron chi connectivity index (χ0n) is 8.62. The molecule has 78 valence electrons. The topological polar surface area (TPSA) is 34.9 Å². The van der Waals surface area contributed by atoms with Crippen LogP contribution in [0.5, 0.6) is 0 Å². The number of carbonyl (C=O) groups excluding carboxylic acids is 1. The average Bonchev–Trinajstić information content (AvgIpc) is 2.44. The van der Waals surface area contributed by atoms with E-state index in [-0.39, 0.29) is 18.0 Å². The molecule has 0 aliphatic heterocycles. The summed E-state index contributed by atoms with van der Waals surface area (Å²) in [6.07, 6.45) is 0.241. The van der Waals surface area contributed by atoms with Gasteiger partial charge >= 0.3 is 0 Å². The molecule has 1 heterocycles. The van der Waals surface area contributed by atoms with Crippen LogP contribution >= 0.6 is 0 Å². The lowest BCUT2D eigenvalue weighted by molar-refractivity contribution is -0.116. The highest BCUT2D eigenvalue weighted by atomic mass is 19.1. The van der Waals surface area contributed by atoms with Crippen LogP contribution in [0, 0.1) is 5.82 Å². The van der Waals surface area contributed by atoms with E-state index in [4.69, 9.17) is 0 Å². The minimum absolute atomic E-state index is 0.0221. The number of aromatic nitrogens is 2. The van der Waals surface area contributed by atoms with Gasteiger partial charge in [-0.05, 0) is 19.1 Å². The van der Waals surface area contributed by atoms with Crippen molar-refractivity contribution in [2.24, 2.45) is 7.05 Å². The van der Waals surface area contributed by atoms with Crippen LogP contribution in [0.1, 0.15) is 12.7 Å². The van der Waals surface area contributed by atoms with E-state index >= 15 is 0 Å². The second kappa shape index (κ2) is 3.46. The van der Waals surface area contributed by atoms with Gasteiger partial charge in [0.25, 0.3) is 0 Å². The number of carbonyl (C=O) groups is 1. The van der Waals surface area contributed by atoms with E-state index in [9.17, 15) is 9.18 Å². The number of Topliss-reactive ketones (excluding diaryl/α,β-unsaturated/α-hetero) is 1. The van der Waals surface area contributed by atoms with Crippen molar-refractivity contribution < 1.29 is 9.18 Å². The Morgan fingerprint density at radius 3 is 2.87 bits per heavy atom. The first-order valence-electron chi connectivity index (χ1n) is 4.69. The summed E-state index contributed by atoms with van der Waals surface area (Å²) < 4.78 is 15.1. The Labute approximate surface area is 86.5 Å². The molecule has 0 N–H and O–H groups in total. The van der Waals surface area contributed by atoms with Gasteiger partial charge in [-0.1, -0.05) is 6.07 Å². The predicted octanol–water partition coefficient (Wildman–Crippen LogP) is 1.84. The number of fused-ring (bicyclic) bond motifs is 1. The molecule has 1 aromatic heterocycles. The molecule has 0 saturated carbocycles. The van der Waals surface area contributed by atoms with Gasteiger partial charge < -0.3 is 4.57 Å². The fourth-order valence-electron chi connectivity index (χ4n) is 1.65. The molecule has 0 bridgehead atoms. The van der Waals surface area contributed by atoms with E-state index in [1.807, 2.05) is 0 Å². The molecule has 0 amide bonds. The molecule has 1 aromatic carbocycles. The molecular weight excluding hydrogens is 195 g/mol. The van der Waals surface area contributed by atoms with Gasteiger partial charge in [-0.25, -0.2) is 9.37 Å². The van der Waals surface area contributed by atoms with Gasteiger partial charge in [0.15, 0.2) is 0 Å². The van der Waals surface area contributed by atoms with Crippen molar-refractivity contribution in [3.05, 3.63) is 29.8 Å². The van der Waals surface area contributed by atoms with E-state index < -0.39 is 0 Å². The quantitative estimate of drug-likeness (QED) is 0.751. The first-order chi connectivity index (χ1) is 7.09. The highest BCUT2D eigenvalue weighted by Gasteiger charge is 2.12. The summed E-state index contributed by atoms with van der Waals surface area (Å²) in [4.78, 5) is 15.2. The number of rotatable bonds is 2. The Bertz CT molecular complexity index is 531. The maximum atomic E-state index is 13.5. The molecule has 0 radical (unpaired) electrons. The molecule has 0 saturated heterocycles. The standard InChI is InChI=1S/C11H11FN2O/c1-7(15)6-10-13-9-5-3-4-8(12)11(9)14(10)2/h3-5H,6H2,1-2H3. The molecule has 15 heavy (non-hydrogen) atoms.